The first-order valence-corrected chi connectivity index (χ1v) is 4.80. The zero-order valence-corrected chi connectivity index (χ0v) is 7.55. The third-order valence-corrected chi connectivity index (χ3v) is 2.57. The van der Waals surface area contributed by atoms with Gasteiger partial charge < -0.3 is 0 Å². The highest BCUT2D eigenvalue weighted by atomic mass is 14.2. The van der Waals surface area contributed by atoms with Gasteiger partial charge in [0.2, 0.25) is 0 Å². The van der Waals surface area contributed by atoms with Gasteiger partial charge in [0.15, 0.2) is 0 Å². The van der Waals surface area contributed by atoms with Gasteiger partial charge in [0.1, 0.15) is 0 Å². The Bertz CT molecular complexity index is 118. The van der Waals surface area contributed by atoms with Crippen molar-refractivity contribution in [3.63, 3.8) is 0 Å². The first-order valence-electron chi connectivity index (χ1n) is 4.80. The minimum Gasteiger partial charge on any atom is -0.0854 e. The van der Waals surface area contributed by atoms with E-state index in [2.05, 4.69) is 26.0 Å². The SMILES string of the molecule is [CH2]CC(C)/C=C/C1CCCC1. The molecule has 0 saturated heterocycles. The first kappa shape index (κ1) is 8.83. The molecule has 0 aromatic rings. The Labute approximate surface area is 70.7 Å². The summed E-state index contributed by atoms with van der Waals surface area (Å²) >= 11 is 0. The number of rotatable bonds is 3. The van der Waals surface area contributed by atoms with Crippen LogP contribution in [0, 0.1) is 18.8 Å². The molecule has 0 spiro atoms. The molecule has 63 valence electrons. The van der Waals surface area contributed by atoms with Gasteiger partial charge in [-0.1, -0.05) is 38.8 Å². The predicted octanol–water partition coefficient (Wildman–Crippen LogP) is 3.59. The molecule has 0 heterocycles. The quantitative estimate of drug-likeness (QED) is 0.541. The second kappa shape index (κ2) is 4.58. The molecular weight excluding hydrogens is 132 g/mol. The Hall–Kier alpha value is -0.260. The van der Waals surface area contributed by atoms with E-state index in [1.165, 1.54) is 25.7 Å². The third kappa shape index (κ3) is 3.09. The molecule has 0 aromatic heterocycles. The minimum absolute atomic E-state index is 0.676. The van der Waals surface area contributed by atoms with Crippen LogP contribution in [0.2, 0.25) is 0 Å². The largest absolute Gasteiger partial charge is 0.0854 e. The summed E-state index contributed by atoms with van der Waals surface area (Å²) in [6.07, 6.45) is 11.5. The average molecular weight is 151 g/mol. The van der Waals surface area contributed by atoms with E-state index in [9.17, 15) is 0 Å². The van der Waals surface area contributed by atoms with Gasteiger partial charge in [-0.05, 0) is 31.1 Å². The van der Waals surface area contributed by atoms with Gasteiger partial charge in [-0.3, -0.25) is 0 Å². The lowest BCUT2D eigenvalue weighted by Gasteiger charge is -2.03. The highest BCUT2D eigenvalue weighted by Gasteiger charge is 2.11. The van der Waals surface area contributed by atoms with E-state index in [1.54, 1.807) is 0 Å². The van der Waals surface area contributed by atoms with Gasteiger partial charge in [-0.25, -0.2) is 0 Å². The summed E-state index contributed by atoms with van der Waals surface area (Å²) in [7, 11) is 0. The third-order valence-electron chi connectivity index (χ3n) is 2.57. The molecule has 0 aromatic carbocycles. The van der Waals surface area contributed by atoms with E-state index in [0.29, 0.717) is 5.92 Å². The van der Waals surface area contributed by atoms with Crippen LogP contribution in [0.1, 0.15) is 39.0 Å². The van der Waals surface area contributed by atoms with E-state index in [-0.39, 0.29) is 0 Å². The molecule has 0 bridgehead atoms. The highest BCUT2D eigenvalue weighted by molar-refractivity contribution is 4.93. The van der Waals surface area contributed by atoms with Crippen LogP contribution in [0.15, 0.2) is 12.2 Å². The summed E-state index contributed by atoms with van der Waals surface area (Å²) in [5.74, 6) is 1.57. The monoisotopic (exact) mass is 151 g/mol. The zero-order chi connectivity index (χ0) is 8.10. The lowest BCUT2D eigenvalue weighted by molar-refractivity contribution is 0.664. The molecule has 1 aliphatic rings. The summed E-state index contributed by atoms with van der Waals surface area (Å²) < 4.78 is 0. The molecule has 1 rings (SSSR count). The maximum Gasteiger partial charge on any atom is -0.0233 e. The standard InChI is InChI=1S/C11H19/c1-3-10(2)8-9-11-6-4-5-7-11/h8-11H,1,3-7H2,2H3/b9-8+. The predicted molar refractivity (Wildman–Crippen MR) is 50.2 cm³/mol. The van der Waals surface area contributed by atoms with Gasteiger partial charge in [0, 0.05) is 0 Å². The van der Waals surface area contributed by atoms with Crippen LogP contribution in [0.4, 0.5) is 0 Å². The molecule has 1 aliphatic carbocycles. The van der Waals surface area contributed by atoms with Crippen LogP contribution in [0.5, 0.6) is 0 Å². The maximum atomic E-state index is 3.88. The molecule has 1 saturated carbocycles. The van der Waals surface area contributed by atoms with Gasteiger partial charge in [0.05, 0.1) is 0 Å². The van der Waals surface area contributed by atoms with Gasteiger partial charge in [-0.2, -0.15) is 0 Å². The van der Waals surface area contributed by atoms with E-state index in [4.69, 9.17) is 0 Å². The molecule has 1 fully saturated rings. The Morgan fingerprint density at radius 2 is 2.09 bits per heavy atom. The fraction of sp³-hybridized carbons (Fsp3) is 0.727. The summed E-state index contributed by atoms with van der Waals surface area (Å²) in [6.45, 7) is 6.11. The fourth-order valence-electron chi connectivity index (χ4n) is 1.59. The molecule has 1 radical (unpaired) electrons. The molecule has 0 amide bonds. The summed E-state index contributed by atoms with van der Waals surface area (Å²) in [5.41, 5.74) is 0. The maximum absolute atomic E-state index is 3.88. The van der Waals surface area contributed by atoms with E-state index in [0.717, 1.165) is 12.3 Å². The highest BCUT2D eigenvalue weighted by Crippen LogP contribution is 2.26. The summed E-state index contributed by atoms with van der Waals surface area (Å²) in [5, 5.41) is 0. The van der Waals surface area contributed by atoms with Gasteiger partial charge in [0.25, 0.3) is 0 Å². The zero-order valence-electron chi connectivity index (χ0n) is 7.55. The Morgan fingerprint density at radius 1 is 1.45 bits per heavy atom. The number of hydrogen-bond donors (Lipinski definition) is 0. The minimum atomic E-state index is 0.676. The lowest BCUT2D eigenvalue weighted by Crippen LogP contribution is -1.90. The molecule has 1 unspecified atom stereocenters. The van der Waals surface area contributed by atoms with Crippen molar-refractivity contribution in [3.05, 3.63) is 19.1 Å². The van der Waals surface area contributed by atoms with Crippen molar-refractivity contribution in [3.8, 4) is 0 Å². The van der Waals surface area contributed by atoms with Crippen molar-refractivity contribution in [1.29, 1.82) is 0 Å². The molecule has 0 aliphatic heterocycles. The molecule has 0 N–H and O–H groups in total. The van der Waals surface area contributed by atoms with Crippen LogP contribution in [0.25, 0.3) is 0 Å². The van der Waals surface area contributed by atoms with E-state index >= 15 is 0 Å². The van der Waals surface area contributed by atoms with Crippen molar-refractivity contribution in [2.24, 2.45) is 11.8 Å². The second-order valence-corrected chi connectivity index (χ2v) is 3.70. The van der Waals surface area contributed by atoms with Crippen molar-refractivity contribution >= 4 is 0 Å². The first-order chi connectivity index (χ1) is 5.33. The molecular formula is C11H19. The van der Waals surface area contributed by atoms with Crippen LogP contribution in [0.3, 0.4) is 0 Å². The Morgan fingerprint density at radius 3 is 2.64 bits per heavy atom. The fourth-order valence-corrected chi connectivity index (χ4v) is 1.59. The van der Waals surface area contributed by atoms with Crippen LogP contribution in [-0.4, -0.2) is 0 Å². The van der Waals surface area contributed by atoms with Crippen molar-refractivity contribution in [1.82, 2.24) is 0 Å². The van der Waals surface area contributed by atoms with Crippen LogP contribution >= 0.6 is 0 Å². The van der Waals surface area contributed by atoms with E-state index in [1.807, 2.05) is 0 Å². The summed E-state index contributed by atoms with van der Waals surface area (Å²) in [4.78, 5) is 0. The Balaban J connectivity index is 2.22. The van der Waals surface area contributed by atoms with Crippen LogP contribution in [-0.2, 0) is 0 Å². The number of allylic oxidation sites excluding steroid dienone is 2. The lowest BCUT2D eigenvalue weighted by atomic mass is 10.0. The van der Waals surface area contributed by atoms with E-state index < -0.39 is 0 Å². The van der Waals surface area contributed by atoms with Crippen LogP contribution < -0.4 is 0 Å². The molecule has 1 atom stereocenters. The van der Waals surface area contributed by atoms with Crippen molar-refractivity contribution in [2.45, 2.75) is 39.0 Å². The summed E-state index contributed by atoms with van der Waals surface area (Å²) in [6, 6.07) is 0. The topological polar surface area (TPSA) is 0 Å². The molecule has 0 heteroatoms. The number of hydrogen-bond acceptors (Lipinski definition) is 0. The van der Waals surface area contributed by atoms with Crippen molar-refractivity contribution in [2.75, 3.05) is 0 Å². The Kier molecular flexibility index (Phi) is 3.68. The van der Waals surface area contributed by atoms with Crippen molar-refractivity contribution < 1.29 is 0 Å². The molecule has 11 heavy (non-hydrogen) atoms. The average Bonchev–Trinajstić information content (AvgIpc) is 2.52. The normalized spacial score (nSPS) is 23.1. The molecule has 0 nitrogen and oxygen atoms in total. The van der Waals surface area contributed by atoms with Gasteiger partial charge in [-0.15, -0.1) is 0 Å². The smallest absolute Gasteiger partial charge is 0.0233 e. The second-order valence-electron chi connectivity index (χ2n) is 3.70. The van der Waals surface area contributed by atoms with Gasteiger partial charge >= 0.3 is 0 Å².